The van der Waals surface area contributed by atoms with Crippen molar-refractivity contribution in [2.75, 3.05) is 37.1 Å². The quantitative estimate of drug-likeness (QED) is 0.281. The third kappa shape index (κ3) is 7.35. The second kappa shape index (κ2) is 13.6. The number of aryl methyl sites for hydroxylation is 2. The Morgan fingerprint density at radius 3 is 2.00 bits per heavy atom. The van der Waals surface area contributed by atoms with Crippen LogP contribution in [0.25, 0.3) is 0 Å². The lowest BCUT2D eigenvalue weighted by Crippen LogP contribution is -2.38. The SMILES string of the molecule is COC(=O)CCCN(C(=O)CCN(C(=O)c1ccc(Cl)cc1)c1c(C)cccc1C)c1ccc(OC)cc1. The molecular weight excluding hydrogens is 504 g/mol. The first-order chi connectivity index (χ1) is 18.2. The number of ether oxygens (including phenoxy) is 2. The predicted octanol–water partition coefficient (Wildman–Crippen LogP) is 5.99. The van der Waals surface area contributed by atoms with E-state index < -0.39 is 0 Å². The van der Waals surface area contributed by atoms with Gasteiger partial charge in [-0.3, -0.25) is 14.4 Å². The Hall–Kier alpha value is -3.84. The normalized spacial score (nSPS) is 10.6. The number of hydrogen-bond donors (Lipinski definition) is 0. The molecular formula is C30H33ClN2O5. The molecule has 0 radical (unpaired) electrons. The van der Waals surface area contributed by atoms with Crippen molar-refractivity contribution in [3.63, 3.8) is 0 Å². The van der Waals surface area contributed by atoms with Gasteiger partial charge in [-0.15, -0.1) is 0 Å². The number of nitrogens with zero attached hydrogens (tertiary/aromatic N) is 2. The summed E-state index contributed by atoms with van der Waals surface area (Å²) in [4.78, 5) is 42.2. The van der Waals surface area contributed by atoms with Gasteiger partial charge in [-0.1, -0.05) is 29.8 Å². The first kappa shape index (κ1) is 28.7. The molecule has 0 unspecified atom stereocenters. The molecule has 200 valence electrons. The highest BCUT2D eigenvalue weighted by molar-refractivity contribution is 6.30. The van der Waals surface area contributed by atoms with Gasteiger partial charge in [0.05, 0.1) is 14.2 Å². The van der Waals surface area contributed by atoms with Crippen LogP contribution in [0.15, 0.2) is 66.7 Å². The number of halogens is 1. The van der Waals surface area contributed by atoms with Crippen LogP contribution in [0.2, 0.25) is 5.02 Å². The average molecular weight is 537 g/mol. The smallest absolute Gasteiger partial charge is 0.305 e. The fraction of sp³-hybridized carbons (Fsp3) is 0.300. The van der Waals surface area contributed by atoms with Gasteiger partial charge in [-0.25, -0.2) is 0 Å². The maximum atomic E-state index is 13.7. The number of anilines is 2. The molecule has 0 heterocycles. The van der Waals surface area contributed by atoms with Gasteiger partial charge in [0, 0.05) is 47.9 Å². The molecule has 8 heteroatoms. The van der Waals surface area contributed by atoms with Gasteiger partial charge >= 0.3 is 5.97 Å². The van der Waals surface area contributed by atoms with Crippen molar-refractivity contribution in [3.8, 4) is 5.75 Å². The Morgan fingerprint density at radius 2 is 1.42 bits per heavy atom. The van der Waals surface area contributed by atoms with Crippen molar-refractivity contribution in [1.29, 1.82) is 0 Å². The van der Waals surface area contributed by atoms with E-state index in [2.05, 4.69) is 0 Å². The number of benzene rings is 3. The topological polar surface area (TPSA) is 76.2 Å². The molecule has 0 saturated heterocycles. The van der Waals surface area contributed by atoms with Gasteiger partial charge < -0.3 is 19.3 Å². The molecule has 2 amide bonds. The maximum Gasteiger partial charge on any atom is 0.305 e. The minimum atomic E-state index is -0.332. The molecule has 7 nitrogen and oxygen atoms in total. The maximum absolute atomic E-state index is 13.7. The van der Waals surface area contributed by atoms with Gasteiger partial charge in [0.15, 0.2) is 0 Å². The van der Waals surface area contributed by atoms with Crippen LogP contribution in [0.4, 0.5) is 11.4 Å². The predicted molar refractivity (Wildman–Crippen MR) is 150 cm³/mol. The first-order valence-corrected chi connectivity index (χ1v) is 12.8. The van der Waals surface area contributed by atoms with E-state index in [9.17, 15) is 14.4 Å². The Morgan fingerprint density at radius 1 is 0.789 bits per heavy atom. The van der Waals surface area contributed by atoms with Crippen molar-refractivity contribution in [1.82, 2.24) is 0 Å². The molecule has 0 atom stereocenters. The molecule has 3 rings (SSSR count). The number of esters is 1. The van der Waals surface area contributed by atoms with Gasteiger partial charge in [-0.05, 0) is 79.9 Å². The highest BCUT2D eigenvalue weighted by atomic mass is 35.5. The van der Waals surface area contributed by atoms with E-state index in [4.69, 9.17) is 21.1 Å². The molecule has 0 bridgehead atoms. The Bertz CT molecular complexity index is 1240. The summed E-state index contributed by atoms with van der Waals surface area (Å²) >= 11 is 6.04. The van der Waals surface area contributed by atoms with Crippen molar-refractivity contribution < 1.29 is 23.9 Å². The lowest BCUT2D eigenvalue weighted by Gasteiger charge is -2.28. The first-order valence-electron chi connectivity index (χ1n) is 12.4. The van der Waals surface area contributed by atoms with Crippen LogP contribution in [0, 0.1) is 13.8 Å². The second-order valence-corrected chi connectivity index (χ2v) is 9.31. The van der Waals surface area contributed by atoms with Crippen molar-refractivity contribution in [3.05, 3.63) is 88.4 Å². The molecule has 0 spiro atoms. The van der Waals surface area contributed by atoms with Crippen LogP contribution in [0.3, 0.4) is 0 Å². The van der Waals surface area contributed by atoms with E-state index in [1.54, 1.807) is 65.4 Å². The van der Waals surface area contributed by atoms with E-state index in [0.29, 0.717) is 35.0 Å². The van der Waals surface area contributed by atoms with Gasteiger partial charge in [0.1, 0.15) is 5.75 Å². The summed E-state index contributed by atoms with van der Waals surface area (Å²) < 4.78 is 9.99. The minimum Gasteiger partial charge on any atom is -0.497 e. The minimum absolute atomic E-state index is 0.0807. The number of carbonyl (C=O) groups excluding carboxylic acids is 3. The fourth-order valence-corrected chi connectivity index (χ4v) is 4.41. The number of methoxy groups -OCH3 is 2. The van der Waals surface area contributed by atoms with E-state index >= 15 is 0 Å². The number of hydrogen-bond acceptors (Lipinski definition) is 5. The summed E-state index contributed by atoms with van der Waals surface area (Å²) in [7, 11) is 2.92. The van der Waals surface area contributed by atoms with Gasteiger partial charge in [-0.2, -0.15) is 0 Å². The molecule has 0 aliphatic heterocycles. The van der Waals surface area contributed by atoms with Crippen LogP contribution < -0.4 is 14.5 Å². The standard InChI is InChI=1S/C30H33ClN2O5/c1-21-7-5-8-22(2)29(21)33(30(36)23-10-12-24(31)13-11-23)20-18-27(34)32(19-6-9-28(35)38-4)25-14-16-26(37-3)17-15-25/h5,7-8,10-17H,6,9,18-20H2,1-4H3. The van der Waals surface area contributed by atoms with E-state index in [-0.39, 0.29) is 37.2 Å². The zero-order valence-electron chi connectivity index (χ0n) is 22.2. The summed E-state index contributed by atoms with van der Waals surface area (Å²) in [5, 5.41) is 0.539. The van der Waals surface area contributed by atoms with Crippen LogP contribution in [0.1, 0.15) is 40.7 Å². The Labute approximate surface area is 228 Å². The molecule has 0 aromatic heterocycles. The largest absolute Gasteiger partial charge is 0.497 e. The van der Waals surface area contributed by atoms with E-state index in [0.717, 1.165) is 16.8 Å². The summed E-state index contributed by atoms with van der Waals surface area (Å²) in [6.45, 7) is 4.40. The number of amides is 2. The Kier molecular flexibility index (Phi) is 10.3. The Balaban J connectivity index is 1.87. The van der Waals surface area contributed by atoms with Crippen LogP contribution in [-0.2, 0) is 14.3 Å². The average Bonchev–Trinajstić information content (AvgIpc) is 2.92. The highest BCUT2D eigenvalue weighted by Gasteiger charge is 2.24. The van der Waals surface area contributed by atoms with Crippen LogP contribution in [0.5, 0.6) is 5.75 Å². The van der Waals surface area contributed by atoms with Crippen LogP contribution >= 0.6 is 11.6 Å². The molecule has 38 heavy (non-hydrogen) atoms. The summed E-state index contributed by atoms with van der Waals surface area (Å²) in [6, 6.07) is 19.7. The summed E-state index contributed by atoms with van der Waals surface area (Å²) in [5.41, 5.74) is 3.81. The summed E-state index contributed by atoms with van der Waals surface area (Å²) in [6.07, 6.45) is 0.714. The van der Waals surface area contributed by atoms with Crippen LogP contribution in [-0.4, -0.2) is 45.1 Å². The monoisotopic (exact) mass is 536 g/mol. The third-order valence-electron chi connectivity index (χ3n) is 6.27. The fourth-order valence-electron chi connectivity index (χ4n) is 4.28. The number of carbonyl (C=O) groups is 3. The molecule has 0 N–H and O–H groups in total. The zero-order valence-corrected chi connectivity index (χ0v) is 23.0. The lowest BCUT2D eigenvalue weighted by molar-refractivity contribution is -0.140. The van der Waals surface area contributed by atoms with Crippen molar-refractivity contribution in [2.24, 2.45) is 0 Å². The molecule has 3 aromatic carbocycles. The molecule has 3 aromatic rings. The molecule has 0 aliphatic rings. The molecule has 0 aliphatic carbocycles. The van der Waals surface area contributed by atoms with Crippen molar-refractivity contribution >= 4 is 40.8 Å². The van der Waals surface area contributed by atoms with E-state index in [1.165, 1.54) is 7.11 Å². The zero-order chi connectivity index (χ0) is 27.7. The lowest BCUT2D eigenvalue weighted by atomic mass is 10.1. The molecule has 0 saturated carbocycles. The number of para-hydroxylation sites is 1. The second-order valence-electron chi connectivity index (χ2n) is 8.88. The van der Waals surface area contributed by atoms with E-state index in [1.807, 2.05) is 32.0 Å². The van der Waals surface area contributed by atoms with Gasteiger partial charge in [0.2, 0.25) is 5.91 Å². The van der Waals surface area contributed by atoms with Gasteiger partial charge in [0.25, 0.3) is 5.91 Å². The molecule has 0 fully saturated rings. The highest BCUT2D eigenvalue weighted by Crippen LogP contribution is 2.28. The number of rotatable bonds is 11. The van der Waals surface area contributed by atoms with Crippen molar-refractivity contribution in [2.45, 2.75) is 33.1 Å². The third-order valence-corrected chi connectivity index (χ3v) is 6.52. The summed E-state index contributed by atoms with van der Waals surface area (Å²) in [5.74, 6) is -0.0406.